The maximum absolute atomic E-state index is 12.8. The van der Waals surface area contributed by atoms with Crippen LogP contribution in [0.2, 0.25) is 0 Å². The van der Waals surface area contributed by atoms with Gasteiger partial charge in [0, 0.05) is 24.5 Å². The Morgan fingerprint density at radius 2 is 1.64 bits per heavy atom. The smallest absolute Gasteiger partial charge is 0.241 e. The number of fused-ring (bicyclic) bond motifs is 2. The third kappa shape index (κ3) is 3.29. The Labute approximate surface area is 146 Å². The van der Waals surface area contributed by atoms with Crippen molar-refractivity contribution in [3.8, 4) is 17.2 Å². The fourth-order valence-corrected chi connectivity index (χ4v) is 4.30. The van der Waals surface area contributed by atoms with Crippen LogP contribution in [0.25, 0.3) is 0 Å². The molecule has 132 valence electrons. The van der Waals surface area contributed by atoms with Gasteiger partial charge in [0.05, 0.1) is 30.8 Å². The minimum absolute atomic E-state index is 0.167. The van der Waals surface area contributed by atoms with Crippen LogP contribution in [0.4, 0.5) is 0 Å². The fourth-order valence-electron chi connectivity index (χ4n) is 3.03. The second kappa shape index (κ2) is 6.57. The van der Waals surface area contributed by atoms with Gasteiger partial charge in [0.25, 0.3) is 0 Å². The average Bonchev–Trinajstić information content (AvgIpc) is 2.86. The molecule has 0 spiro atoms. The summed E-state index contributed by atoms with van der Waals surface area (Å²) in [6, 6.07) is 11.9. The van der Waals surface area contributed by atoms with Crippen molar-refractivity contribution in [3.63, 3.8) is 0 Å². The van der Waals surface area contributed by atoms with E-state index in [2.05, 4.69) is 4.72 Å². The molecule has 7 heteroatoms. The first-order valence-electron chi connectivity index (χ1n) is 8.27. The standard InChI is InChI=1S/C18H19NO5S/c20-25(21,13-6-7-17-18(12-13)23-10-3-9-22-17)19-15-8-11-24-16-5-2-1-4-14(15)16/h1-2,4-7,12,15,19H,3,8-11H2. The summed E-state index contributed by atoms with van der Waals surface area (Å²) >= 11 is 0. The zero-order valence-corrected chi connectivity index (χ0v) is 14.4. The van der Waals surface area contributed by atoms with Crippen LogP contribution in [0, 0.1) is 0 Å². The van der Waals surface area contributed by atoms with E-state index in [-0.39, 0.29) is 10.9 Å². The van der Waals surface area contributed by atoms with Crippen LogP contribution in [0.15, 0.2) is 47.4 Å². The summed E-state index contributed by atoms with van der Waals surface area (Å²) in [7, 11) is -3.69. The lowest BCUT2D eigenvalue weighted by Crippen LogP contribution is -2.32. The summed E-state index contributed by atoms with van der Waals surface area (Å²) in [5.74, 6) is 1.76. The van der Waals surface area contributed by atoms with Gasteiger partial charge >= 0.3 is 0 Å². The van der Waals surface area contributed by atoms with Gasteiger partial charge in [-0.05, 0) is 18.2 Å². The average molecular weight is 361 g/mol. The summed E-state index contributed by atoms with van der Waals surface area (Å²) in [6.07, 6.45) is 1.36. The number of para-hydroxylation sites is 1. The van der Waals surface area contributed by atoms with Gasteiger partial charge in [0.1, 0.15) is 5.75 Å². The molecule has 0 fully saturated rings. The maximum atomic E-state index is 12.8. The lowest BCUT2D eigenvalue weighted by atomic mass is 10.0. The topological polar surface area (TPSA) is 73.9 Å². The molecule has 6 nitrogen and oxygen atoms in total. The van der Waals surface area contributed by atoms with Gasteiger partial charge in [0.2, 0.25) is 10.0 Å². The fraction of sp³-hybridized carbons (Fsp3) is 0.333. The van der Waals surface area contributed by atoms with E-state index in [1.54, 1.807) is 12.1 Å². The first kappa shape index (κ1) is 16.2. The number of hydrogen-bond acceptors (Lipinski definition) is 5. The molecule has 4 rings (SSSR count). The molecule has 1 atom stereocenters. The molecule has 1 unspecified atom stereocenters. The third-order valence-corrected chi connectivity index (χ3v) is 5.75. The molecule has 0 saturated carbocycles. The van der Waals surface area contributed by atoms with E-state index >= 15 is 0 Å². The van der Waals surface area contributed by atoms with Crippen molar-refractivity contribution in [2.75, 3.05) is 19.8 Å². The highest BCUT2D eigenvalue weighted by Gasteiger charge is 2.27. The van der Waals surface area contributed by atoms with Crippen LogP contribution in [0.5, 0.6) is 17.2 Å². The van der Waals surface area contributed by atoms with Crippen LogP contribution in [0.1, 0.15) is 24.4 Å². The van der Waals surface area contributed by atoms with Crippen LogP contribution >= 0.6 is 0 Å². The van der Waals surface area contributed by atoms with Crippen molar-refractivity contribution < 1.29 is 22.6 Å². The molecule has 0 amide bonds. The summed E-state index contributed by atoms with van der Waals surface area (Å²) in [5.41, 5.74) is 0.853. The molecule has 2 aromatic rings. The van der Waals surface area contributed by atoms with Gasteiger partial charge in [0.15, 0.2) is 11.5 Å². The van der Waals surface area contributed by atoms with Crippen molar-refractivity contribution >= 4 is 10.0 Å². The molecular formula is C18H19NO5S. The van der Waals surface area contributed by atoms with Crippen molar-refractivity contribution in [2.45, 2.75) is 23.8 Å². The van der Waals surface area contributed by atoms with Crippen LogP contribution in [-0.2, 0) is 10.0 Å². The van der Waals surface area contributed by atoms with E-state index in [0.29, 0.717) is 37.7 Å². The quantitative estimate of drug-likeness (QED) is 0.910. The maximum Gasteiger partial charge on any atom is 0.241 e. The highest BCUT2D eigenvalue weighted by atomic mass is 32.2. The zero-order valence-electron chi connectivity index (χ0n) is 13.6. The van der Waals surface area contributed by atoms with Gasteiger partial charge < -0.3 is 14.2 Å². The minimum atomic E-state index is -3.69. The molecule has 1 N–H and O–H groups in total. The highest BCUT2D eigenvalue weighted by Crippen LogP contribution is 2.35. The Kier molecular flexibility index (Phi) is 4.27. The Balaban J connectivity index is 1.62. The molecule has 0 radical (unpaired) electrons. The molecule has 0 aliphatic carbocycles. The van der Waals surface area contributed by atoms with E-state index < -0.39 is 10.0 Å². The van der Waals surface area contributed by atoms with Gasteiger partial charge in [-0.15, -0.1) is 0 Å². The monoisotopic (exact) mass is 361 g/mol. The van der Waals surface area contributed by atoms with Gasteiger partial charge in [-0.2, -0.15) is 0 Å². The molecule has 0 saturated heterocycles. The molecule has 0 bridgehead atoms. The van der Waals surface area contributed by atoms with E-state index in [1.807, 2.05) is 24.3 Å². The predicted octanol–water partition coefficient (Wildman–Crippen LogP) is 2.65. The van der Waals surface area contributed by atoms with Crippen LogP contribution in [0.3, 0.4) is 0 Å². The molecule has 2 heterocycles. The minimum Gasteiger partial charge on any atom is -0.493 e. The third-order valence-electron chi connectivity index (χ3n) is 4.29. The molecule has 2 aliphatic rings. The second-order valence-corrected chi connectivity index (χ2v) is 7.72. The van der Waals surface area contributed by atoms with Crippen LogP contribution in [-0.4, -0.2) is 28.2 Å². The number of benzene rings is 2. The summed E-state index contributed by atoms with van der Waals surface area (Å²) in [5, 5.41) is 0. The molecule has 2 aliphatic heterocycles. The van der Waals surface area contributed by atoms with Crippen LogP contribution < -0.4 is 18.9 Å². The molecule has 25 heavy (non-hydrogen) atoms. The van der Waals surface area contributed by atoms with E-state index in [1.165, 1.54) is 6.07 Å². The van der Waals surface area contributed by atoms with E-state index in [9.17, 15) is 8.42 Å². The van der Waals surface area contributed by atoms with Crippen molar-refractivity contribution in [1.29, 1.82) is 0 Å². The van der Waals surface area contributed by atoms with Crippen molar-refractivity contribution in [3.05, 3.63) is 48.0 Å². The van der Waals surface area contributed by atoms with E-state index in [0.717, 1.165) is 17.7 Å². The summed E-state index contributed by atoms with van der Waals surface area (Å²) in [6.45, 7) is 1.55. The largest absolute Gasteiger partial charge is 0.493 e. The Hall–Kier alpha value is -2.25. The lowest BCUT2D eigenvalue weighted by Gasteiger charge is -2.26. The SMILES string of the molecule is O=S(=O)(NC1CCOc2ccccc21)c1ccc2c(c1)OCCCO2. The Morgan fingerprint density at radius 3 is 2.52 bits per heavy atom. The first-order valence-corrected chi connectivity index (χ1v) is 9.75. The predicted molar refractivity (Wildman–Crippen MR) is 91.7 cm³/mol. The number of rotatable bonds is 3. The second-order valence-electron chi connectivity index (χ2n) is 6.01. The first-order chi connectivity index (χ1) is 12.1. The summed E-state index contributed by atoms with van der Waals surface area (Å²) in [4.78, 5) is 0.167. The molecule has 2 aromatic carbocycles. The zero-order chi connectivity index (χ0) is 17.3. The van der Waals surface area contributed by atoms with Gasteiger partial charge in [-0.1, -0.05) is 18.2 Å². The number of ether oxygens (including phenoxy) is 3. The van der Waals surface area contributed by atoms with Gasteiger partial charge in [-0.3, -0.25) is 0 Å². The molecular weight excluding hydrogens is 342 g/mol. The Bertz CT molecular complexity index is 881. The lowest BCUT2D eigenvalue weighted by molar-refractivity contribution is 0.263. The number of hydrogen-bond donors (Lipinski definition) is 1. The van der Waals surface area contributed by atoms with Gasteiger partial charge in [-0.25, -0.2) is 13.1 Å². The van der Waals surface area contributed by atoms with E-state index in [4.69, 9.17) is 14.2 Å². The normalized spacial score (nSPS) is 19.4. The Morgan fingerprint density at radius 1 is 0.880 bits per heavy atom. The number of nitrogens with one attached hydrogen (secondary N) is 1. The highest BCUT2D eigenvalue weighted by molar-refractivity contribution is 7.89. The number of sulfonamides is 1. The van der Waals surface area contributed by atoms with Crippen molar-refractivity contribution in [1.82, 2.24) is 4.72 Å². The summed E-state index contributed by atoms with van der Waals surface area (Å²) < 4.78 is 45.2. The molecule has 0 aromatic heterocycles. The van der Waals surface area contributed by atoms with Crippen molar-refractivity contribution in [2.24, 2.45) is 0 Å².